The number of furan rings is 1. The molecular formula is C26H21ClN2O3. The standard InChI is InChI=1S/C26H21ClN2O3/c1-18-12-13-21(27)16-23(18)24-15-14-22(32-24)17-28-29-25(30)26(31,19-8-4-2-5-9-19)20-10-6-3-7-11-20/h2-17,31H,1H3,(H,29,30)/b28-17+. The minimum Gasteiger partial charge on any atom is -0.455 e. The van der Waals surface area contributed by atoms with E-state index in [2.05, 4.69) is 10.5 Å². The molecule has 0 atom stereocenters. The van der Waals surface area contributed by atoms with E-state index in [1.54, 1.807) is 54.6 Å². The minimum atomic E-state index is -1.90. The Morgan fingerprint density at radius 3 is 2.22 bits per heavy atom. The SMILES string of the molecule is Cc1ccc(Cl)cc1-c1ccc(/C=N/NC(=O)C(O)(c2ccccc2)c2ccccc2)o1. The molecule has 0 aliphatic rings. The first kappa shape index (κ1) is 21.6. The van der Waals surface area contributed by atoms with Crippen LogP contribution in [0, 0.1) is 6.92 Å². The van der Waals surface area contributed by atoms with E-state index in [1.807, 2.05) is 43.3 Å². The molecule has 5 nitrogen and oxygen atoms in total. The summed E-state index contributed by atoms with van der Waals surface area (Å²) in [6.07, 6.45) is 1.39. The van der Waals surface area contributed by atoms with Crippen LogP contribution in [0.15, 0.2) is 101 Å². The lowest BCUT2D eigenvalue weighted by Gasteiger charge is -2.26. The molecule has 32 heavy (non-hydrogen) atoms. The number of aryl methyl sites for hydroxylation is 1. The number of aliphatic hydroxyl groups is 1. The number of amides is 1. The van der Waals surface area contributed by atoms with Crippen molar-refractivity contribution in [2.75, 3.05) is 0 Å². The van der Waals surface area contributed by atoms with E-state index in [4.69, 9.17) is 16.0 Å². The van der Waals surface area contributed by atoms with E-state index < -0.39 is 11.5 Å². The first-order valence-electron chi connectivity index (χ1n) is 10.0. The van der Waals surface area contributed by atoms with Crippen LogP contribution in [0.3, 0.4) is 0 Å². The lowest BCUT2D eigenvalue weighted by atomic mass is 9.85. The fourth-order valence-corrected chi connectivity index (χ4v) is 3.62. The van der Waals surface area contributed by atoms with Gasteiger partial charge < -0.3 is 9.52 Å². The van der Waals surface area contributed by atoms with Crippen LogP contribution in [0.25, 0.3) is 11.3 Å². The zero-order valence-corrected chi connectivity index (χ0v) is 18.1. The second-order valence-corrected chi connectivity index (χ2v) is 7.74. The largest absolute Gasteiger partial charge is 0.455 e. The molecule has 0 unspecified atom stereocenters. The van der Waals surface area contributed by atoms with Gasteiger partial charge in [0.2, 0.25) is 0 Å². The van der Waals surface area contributed by atoms with Crippen LogP contribution in [-0.2, 0) is 10.4 Å². The van der Waals surface area contributed by atoms with Crippen molar-refractivity contribution in [1.82, 2.24) is 5.43 Å². The van der Waals surface area contributed by atoms with Crippen LogP contribution < -0.4 is 5.43 Å². The summed E-state index contributed by atoms with van der Waals surface area (Å²) in [6, 6.07) is 26.6. The number of halogens is 1. The summed E-state index contributed by atoms with van der Waals surface area (Å²) in [6.45, 7) is 1.97. The average molecular weight is 445 g/mol. The van der Waals surface area contributed by atoms with Gasteiger partial charge in [-0.05, 0) is 47.9 Å². The quantitative estimate of drug-likeness (QED) is 0.313. The predicted molar refractivity (Wildman–Crippen MR) is 126 cm³/mol. The predicted octanol–water partition coefficient (Wildman–Crippen LogP) is 5.29. The third-order valence-corrected chi connectivity index (χ3v) is 5.40. The second-order valence-electron chi connectivity index (χ2n) is 7.30. The molecule has 1 amide bonds. The molecule has 1 aromatic heterocycles. The van der Waals surface area contributed by atoms with Crippen LogP contribution in [0.4, 0.5) is 0 Å². The lowest BCUT2D eigenvalue weighted by molar-refractivity contribution is -0.136. The summed E-state index contributed by atoms with van der Waals surface area (Å²) in [5, 5.41) is 16.0. The van der Waals surface area contributed by atoms with E-state index in [9.17, 15) is 9.90 Å². The van der Waals surface area contributed by atoms with Crippen molar-refractivity contribution in [3.63, 3.8) is 0 Å². The number of hydrazone groups is 1. The lowest BCUT2D eigenvalue weighted by Crippen LogP contribution is -2.43. The van der Waals surface area contributed by atoms with Crippen LogP contribution in [0.5, 0.6) is 0 Å². The number of benzene rings is 3. The number of carbonyl (C=O) groups is 1. The summed E-state index contributed by atoms with van der Waals surface area (Å²) in [5.41, 5.74) is 3.32. The van der Waals surface area contributed by atoms with E-state index in [0.29, 0.717) is 27.7 Å². The molecule has 6 heteroatoms. The molecule has 0 saturated heterocycles. The molecule has 0 spiro atoms. The van der Waals surface area contributed by atoms with Crippen molar-refractivity contribution >= 4 is 23.7 Å². The van der Waals surface area contributed by atoms with Crippen LogP contribution in [0.2, 0.25) is 5.02 Å². The van der Waals surface area contributed by atoms with Gasteiger partial charge in [-0.1, -0.05) is 78.3 Å². The molecule has 160 valence electrons. The topological polar surface area (TPSA) is 74.8 Å². The number of hydrogen-bond acceptors (Lipinski definition) is 4. The third-order valence-electron chi connectivity index (χ3n) is 5.16. The molecule has 0 aliphatic heterocycles. The Kier molecular flexibility index (Phi) is 6.21. The normalized spacial score (nSPS) is 11.6. The molecule has 4 rings (SSSR count). The van der Waals surface area contributed by atoms with Crippen molar-refractivity contribution in [3.8, 4) is 11.3 Å². The molecule has 0 radical (unpaired) electrons. The van der Waals surface area contributed by atoms with Gasteiger partial charge in [-0.3, -0.25) is 4.79 Å². The summed E-state index contributed by atoms with van der Waals surface area (Å²) in [7, 11) is 0. The maximum absolute atomic E-state index is 13.0. The summed E-state index contributed by atoms with van der Waals surface area (Å²) < 4.78 is 5.82. The zero-order chi connectivity index (χ0) is 22.6. The highest BCUT2D eigenvalue weighted by atomic mass is 35.5. The summed E-state index contributed by atoms with van der Waals surface area (Å²) in [4.78, 5) is 13.0. The van der Waals surface area contributed by atoms with Gasteiger partial charge >= 0.3 is 0 Å². The van der Waals surface area contributed by atoms with E-state index in [-0.39, 0.29) is 0 Å². The van der Waals surface area contributed by atoms with Gasteiger partial charge in [-0.25, -0.2) is 5.43 Å². The molecule has 3 aromatic carbocycles. The fraction of sp³-hybridized carbons (Fsp3) is 0.0769. The Hall–Kier alpha value is -3.67. The zero-order valence-electron chi connectivity index (χ0n) is 17.3. The highest BCUT2D eigenvalue weighted by molar-refractivity contribution is 6.30. The van der Waals surface area contributed by atoms with Gasteiger partial charge in [-0.2, -0.15) is 5.10 Å². The average Bonchev–Trinajstić information content (AvgIpc) is 3.30. The highest BCUT2D eigenvalue weighted by Crippen LogP contribution is 2.30. The molecule has 0 saturated carbocycles. The first-order valence-corrected chi connectivity index (χ1v) is 10.4. The summed E-state index contributed by atoms with van der Waals surface area (Å²) in [5.74, 6) is 0.411. The molecular weight excluding hydrogens is 424 g/mol. The third kappa shape index (κ3) is 4.35. The first-order chi connectivity index (χ1) is 15.5. The van der Waals surface area contributed by atoms with Crippen molar-refractivity contribution < 1.29 is 14.3 Å². The van der Waals surface area contributed by atoms with Gasteiger partial charge in [0.25, 0.3) is 5.91 Å². The van der Waals surface area contributed by atoms with Gasteiger partial charge in [0.05, 0.1) is 6.21 Å². The van der Waals surface area contributed by atoms with Gasteiger partial charge in [0, 0.05) is 10.6 Å². The van der Waals surface area contributed by atoms with Gasteiger partial charge in [0.1, 0.15) is 11.5 Å². The number of rotatable bonds is 6. The Bertz CT molecular complexity index is 1210. The number of nitrogens with zero attached hydrogens (tertiary/aromatic N) is 1. The Morgan fingerprint density at radius 1 is 0.969 bits per heavy atom. The maximum Gasteiger partial charge on any atom is 0.281 e. The molecule has 2 N–H and O–H groups in total. The molecule has 0 bridgehead atoms. The second kappa shape index (κ2) is 9.22. The Labute approximate surface area is 191 Å². The maximum atomic E-state index is 13.0. The Balaban J connectivity index is 1.56. The minimum absolute atomic E-state index is 0.440. The van der Waals surface area contributed by atoms with Gasteiger partial charge in [0.15, 0.2) is 5.60 Å². The van der Waals surface area contributed by atoms with E-state index in [1.165, 1.54) is 6.21 Å². The van der Waals surface area contributed by atoms with Crippen molar-refractivity contribution in [1.29, 1.82) is 0 Å². The smallest absolute Gasteiger partial charge is 0.281 e. The molecule has 1 heterocycles. The van der Waals surface area contributed by atoms with E-state index in [0.717, 1.165) is 11.1 Å². The molecule has 4 aromatic rings. The van der Waals surface area contributed by atoms with Crippen LogP contribution >= 0.6 is 11.6 Å². The summed E-state index contributed by atoms with van der Waals surface area (Å²) >= 11 is 6.10. The Morgan fingerprint density at radius 2 is 1.59 bits per heavy atom. The molecule has 0 fully saturated rings. The number of hydrogen-bond donors (Lipinski definition) is 2. The van der Waals surface area contributed by atoms with Crippen molar-refractivity contribution in [2.45, 2.75) is 12.5 Å². The number of carbonyl (C=O) groups excluding carboxylic acids is 1. The van der Waals surface area contributed by atoms with Crippen LogP contribution in [0.1, 0.15) is 22.5 Å². The monoisotopic (exact) mass is 444 g/mol. The van der Waals surface area contributed by atoms with Crippen molar-refractivity contribution in [2.24, 2.45) is 5.10 Å². The van der Waals surface area contributed by atoms with Gasteiger partial charge in [-0.15, -0.1) is 0 Å². The van der Waals surface area contributed by atoms with Crippen LogP contribution in [-0.4, -0.2) is 17.2 Å². The molecule has 0 aliphatic carbocycles. The number of nitrogens with one attached hydrogen (secondary N) is 1. The van der Waals surface area contributed by atoms with E-state index >= 15 is 0 Å². The highest BCUT2D eigenvalue weighted by Gasteiger charge is 2.39. The van der Waals surface area contributed by atoms with Crippen molar-refractivity contribution in [3.05, 3.63) is 118 Å². The fourth-order valence-electron chi connectivity index (χ4n) is 3.45.